The third-order valence-corrected chi connectivity index (χ3v) is 3.96. The molecule has 2 aliphatic rings. The Morgan fingerprint density at radius 3 is 2.90 bits per heavy atom. The minimum Gasteiger partial charge on any atom is -0.508 e. The van der Waals surface area contributed by atoms with E-state index in [-0.39, 0.29) is 29.2 Å². The third-order valence-electron chi connectivity index (χ3n) is 3.96. The van der Waals surface area contributed by atoms with E-state index < -0.39 is 5.82 Å². The molecule has 0 bridgehead atoms. The topological polar surface area (TPSA) is 60.9 Å². The van der Waals surface area contributed by atoms with Gasteiger partial charge in [0.25, 0.3) is 5.91 Å². The van der Waals surface area contributed by atoms with E-state index in [1.54, 1.807) is 9.80 Å². The lowest BCUT2D eigenvalue weighted by molar-refractivity contribution is -0.130. The number of halogens is 1. The highest BCUT2D eigenvalue weighted by molar-refractivity contribution is 5.95. The molecule has 2 amide bonds. The van der Waals surface area contributed by atoms with Gasteiger partial charge in [0.15, 0.2) is 0 Å². The number of fused-ring (bicyclic) bond motifs is 1. The lowest BCUT2D eigenvalue weighted by Crippen LogP contribution is -2.53. The Bertz CT molecular complexity index is 576. The number of carbonyl (C=O) groups is 2. The van der Waals surface area contributed by atoms with Gasteiger partial charge in [-0.3, -0.25) is 9.59 Å². The lowest BCUT2D eigenvalue weighted by Gasteiger charge is -2.37. The fourth-order valence-electron chi connectivity index (χ4n) is 2.90. The second-order valence-electron chi connectivity index (χ2n) is 5.19. The molecule has 1 unspecified atom stereocenters. The van der Waals surface area contributed by atoms with Gasteiger partial charge in [0.05, 0.1) is 5.56 Å². The number of benzene rings is 1. The van der Waals surface area contributed by atoms with Gasteiger partial charge in [0.2, 0.25) is 5.91 Å². The van der Waals surface area contributed by atoms with Gasteiger partial charge in [-0.25, -0.2) is 4.39 Å². The molecule has 2 aliphatic heterocycles. The van der Waals surface area contributed by atoms with Crippen LogP contribution in [-0.4, -0.2) is 52.4 Å². The van der Waals surface area contributed by atoms with Crippen molar-refractivity contribution in [3.8, 4) is 5.75 Å². The summed E-state index contributed by atoms with van der Waals surface area (Å²) in [5.41, 5.74) is -0.0411. The van der Waals surface area contributed by atoms with Gasteiger partial charge in [-0.2, -0.15) is 0 Å². The molecule has 0 aliphatic carbocycles. The van der Waals surface area contributed by atoms with Crippen molar-refractivity contribution in [2.45, 2.75) is 18.9 Å². The number of phenols is 1. The Balaban J connectivity index is 1.77. The summed E-state index contributed by atoms with van der Waals surface area (Å²) in [6.07, 6.45) is 1.28. The molecule has 1 aromatic rings. The number of hydrogen-bond donors (Lipinski definition) is 1. The number of phenolic OH excluding ortho intramolecular Hbond substituents is 1. The number of rotatable bonds is 1. The number of nitrogens with zero attached hydrogens (tertiary/aromatic N) is 2. The van der Waals surface area contributed by atoms with Crippen LogP contribution in [0.3, 0.4) is 0 Å². The maximum atomic E-state index is 13.7. The van der Waals surface area contributed by atoms with E-state index in [0.717, 1.165) is 12.5 Å². The minimum atomic E-state index is -0.722. The Kier molecular flexibility index (Phi) is 3.08. The van der Waals surface area contributed by atoms with Crippen LogP contribution in [0, 0.1) is 5.82 Å². The number of carbonyl (C=O) groups excluding carboxylic acids is 2. The molecule has 0 aromatic heterocycles. The monoisotopic (exact) mass is 278 g/mol. The fourth-order valence-corrected chi connectivity index (χ4v) is 2.90. The minimum absolute atomic E-state index is 0.0411. The van der Waals surface area contributed by atoms with Crippen molar-refractivity contribution in [2.24, 2.45) is 0 Å². The summed E-state index contributed by atoms with van der Waals surface area (Å²) in [5.74, 6) is -1.18. The average molecular weight is 278 g/mol. The molecule has 1 atom stereocenters. The first-order valence-electron chi connectivity index (χ1n) is 6.63. The van der Waals surface area contributed by atoms with E-state index >= 15 is 0 Å². The van der Waals surface area contributed by atoms with Crippen LogP contribution >= 0.6 is 0 Å². The highest BCUT2D eigenvalue weighted by Crippen LogP contribution is 2.24. The van der Waals surface area contributed by atoms with Crippen molar-refractivity contribution < 1.29 is 19.1 Å². The highest BCUT2D eigenvalue weighted by atomic mass is 19.1. The van der Waals surface area contributed by atoms with E-state index in [1.165, 1.54) is 12.1 Å². The molecule has 2 heterocycles. The van der Waals surface area contributed by atoms with Gasteiger partial charge in [-0.05, 0) is 18.6 Å². The second-order valence-corrected chi connectivity index (χ2v) is 5.19. The number of piperazine rings is 1. The maximum absolute atomic E-state index is 13.7. The van der Waals surface area contributed by atoms with Crippen LogP contribution < -0.4 is 0 Å². The van der Waals surface area contributed by atoms with Crippen LogP contribution in [0.1, 0.15) is 23.2 Å². The Morgan fingerprint density at radius 1 is 1.35 bits per heavy atom. The molecule has 5 nitrogen and oxygen atoms in total. The summed E-state index contributed by atoms with van der Waals surface area (Å²) in [6.45, 7) is 1.38. The van der Waals surface area contributed by atoms with Gasteiger partial charge >= 0.3 is 0 Å². The first-order chi connectivity index (χ1) is 9.56. The molecule has 3 rings (SSSR count). The average Bonchev–Trinajstić information content (AvgIpc) is 2.79. The smallest absolute Gasteiger partial charge is 0.256 e. The van der Waals surface area contributed by atoms with Crippen molar-refractivity contribution in [3.05, 3.63) is 29.6 Å². The molecule has 0 radical (unpaired) electrons. The molecular formula is C14H15FN2O3. The van der Waals surface area contributed by atoms with E-state index in [4.69, 9.17) is 0 Å². The zero-order chi connectivity index (χ0) is 14.3. The van der Waals surface area contributed by atoms with Gasteiger partial charge < -0.3 is 14.9 Å². The van der Waals surface area contributed by atoms with Crippen molar-refractivity contribution in [3.63, 3.8) is 0 Å². The molecule has 6 heteroatoms. The predicted octanol–water partition coefficient (Wildman–Crippen LogP) is 0.978. The van der Waals surface area contributed by atoms with E-state index in [0.29, 0.717) is 26.1 Å². The molecule has 0 saturated carbocycles. The zero-order valence-electron chi connectivity index (χ0n) is 10.9. The van der Waals surface area contributed by atoms with Crippen LogP contribution in [0.15, 0.2) is 18.2 Å². The van der Waals surface area contributed by atoms with Crippen LogP contribution in [0.25, 0.3) is 0 Å². The van der Waals surface area contributed by atoms with Gasteiger partial charge in [0, 0.05) is 38.2 Å². The maximum Gasteiger partial charge on any atom is 0.256 e. The zero-order valence-corrected chi connectivity index (χ0v) is 10.9. The number of hydrogen-bond acceptors (Lipinski definition) is 3. The van der Waals surface area contributed by atoms with Crippen molar-refractivity contribution in [2.75, 3.05) is 19.6 Å². The SMILES string of the molecule is O=C(c1ccc(O)cc1F)N1CCN2C(=O)CCC2C1. The fraction of sp³-hybridized carbons (Fsp3) is 0.429. The van der Waals surface area contributed by atoms with Gasteiger partial charge in [-0.1, -0.05) is 0 Å². The first-order valence-corrected chi connectivity index (χ1v) is 6.63. The van der Waals surface area contributed by atoms with E-state index in [1.807, 2.05) is 0 Å². The Hall–Kier alpha value is -2.11. The van der Waals surface area contributed by atoms with Crippen LogP contribution in [0.5, 0.6) is 5.75 Å². The van der Waals surface area contributed by atoms with Crippen LogP contribution in [-0.2, 0) is 4.79 Å². The summed E-state index contributed by atoms with van der Waals surface area (Å²) < 4.78 is 13.7. The predicted molar refractivity (Wildman–Crippen MR) is 68.7 cm³/mol. The van der Waals surface area contributed by atoms with Gasteiger partial charge in [0.1, 0.15) is 11.6 Å². The standard InChI is InChI=1S/C14H15FN2O3/c15-12-7-10(18)2-3-11(12)14(20)16-5-6-17-9(8-16)1-4-13(17)19/h2-3,7,9,18H,1,4-6,8H2. The number of amides is 2. The molecule has 1 N–H and O–H groups in total. The lowest BCUT2D eigenvalue weighted by atomic mass is 10.1. The molecule has 20 heavy (non-hydrogen) atoms. The van der Waals surface area contributed by atoms with Crippen LogP contribution in [0.2, 0.25) is 0 Å². The largest absolute Gasteiger partial charge is 0.508 e. The first kappa shape index (κ1) is 12.9. The molecule has 2 saturated heterocycles. The summed E-state index contributed by atoms with van der Waals surface area (Å²) in [7, 11) is 0. The molecule has 2 fully saturated rings. The van der Waals surface area contributed by atoms with Crippen molar-refractivity contribution in [1.82, 2.24) is 9.80 Å². The summed E-state index contributed by atoms with van der Waals surface area (Å²) in [6, 6.07) is 3.58. The van der Waals surface area contributed by atoms with Crippen molar-refractivity contribution >= 4 is 11.8 Å². The second kappa shape index (κ2) is 4.77. The van der Waals surface area contributed by atoms with E-state index in [2.05, 4.69) is 0 Å². The van der Waals surface area contributed by atoms with Gasteiger partial charge in [-0.15, -0.1) is 0 Å². The Morgan fingerprint density at radius 2 is 2.15 bits per heavy atom. The summed E-state index contributed by atoms with van der Waals surface area (Å²) >= 11 is 0. The normalized spacial score (nSPS) is 22.1. The molecular weight excluding hydrogens is 263 g/mol. The van der Waals surface area contributed by atoms with Crippen molar-refractivity contribution in [1.29, 1.82) is 0 Å². The summed E-state index contributed by atoms with van der Waals surface area (Å²) in [4.78, 5) is 27.3. The van der Waals surface area contributed by atoms with Crippen LogP contribution in [0.4, 0.5) is 4.39 Å². The Labute approximate surface area is 115 Å². The highest BCUT2D eigenvalue weighted by Gasteiger charge is 2.37. The van der Waals surface area contributed by atoms with E-state index in [9.17, 15) is 19.1 Å². The quantitative estimate of drug-likeness (QED) is 0.833. The number of aromatic hydroxyl groups is 1. The third kappa shape index (κ3) is 2.11. The molecule has 106 valence electrons. The molecule has 1 aromatic carbocycles. The summed E-state index contributed by atoms with van der Waals surface area (Å²) in [5, 5.41) is 9.17. The molecule has 0 spiro atoms.